The molecule has 0 fully saturated rings. The van der Waals surface area contributed by atoms with Gasteiger partial charge in [-0.2, -0.15) is 5.10 Å². The van der Waals surface area contributed by atoms with Gasteiger partial charge in [-0.15, -0.1) is 0 Å². The van der Waals surface area contributed by atoms with Gasteiger partial charge in [0.1, 0.15) is 0 Å². The Labute approximate surface area is 96.9 Å². The van der Waals surface area contributed by atoms with E-state index in [0.29, 0.717) is 0 Å². The van der Waals surface area contributed by atoms with Crippen LogP contribution in [0, 0.1) is 27.7 Å². The van der Waals surface area contributed by atoms with Crippen LogP contribution in [0.2, 0.25) is 0 Å². The molecule has 0 aliphatic carbocycles. The van der Waals surface area contributed by atoms with E-state index < -0.39 is 0 Å². The van der Waals surface area contributed by atoms with Crippen molar-refractivity contribution < 1.29 is 0 Å². The molecule has 0 radical (unpaired) electrons. The fourth-order valence-electron chi connectivity index (χ4n) is 1.97. The number of aryl methyl sites for hydroxylation is 4. The molecule has 0 amide bonds. The van der Waals surface area contributed by atoms with Gasteiger partial charge in [0.2, 0.25) is 0 Å². The third kappa shape index (κ3) is 2.16. The first kappa shape index (κ1) is 10.9. The summed E-state index contributed by atoms with van der Waals surface area (Å²) in [5, 5.41) is 4.49. The van der Waals surface area contributed by atoms with Gasteiger partial charge >= 0.3 is 0 Å². The van der Waals surface area contributed by atoms with Crippen molar-refractivity contribution in [2.75, 3.05) is 0 Å². The molecule has 2 heteroatoms. The van der Waals surface area contributed by atoms with Crippen LogP contribution in [-0.4, -0.2) is 9.78 Å². The fraction of sp³-hybridized carbons (Fsp3) is 0.357. The number of hydrogen-bond donors (Lipinski definition) is 0. The second-order valence-corrected chi connectivity index (χ2v) is 4.51. The third-order valence-corrected chi connectivity index (χ3v) is 2.93. The standard InChI is InChI=1S/C14H18N2/c1-10-5-6-11(2)14(7-10)9-16-13(4)8-12(3)15-16/h5-8H,9H2,1-4H3. The summed E-state index contributed by atoms with van der Waals surface area (Å²) in [7, 11) is 0. The molecule has 2 rings (SSSR count). The van der Waals surface area contributed by atoms with Crippen molar-refractivity contribution in [1.29, 1.82) is 0 Å². The monoisotopic (exact) mass is 214 g/mol. The highest BCUT2D eigenvalue weighted by Crippen LogP contribution is 2.13. The van der Waals surface area contributed by atoms with E-state index in [1.54, 1.807) is 0 Å². The first-order valence-corrected chi connectivity index (χ1v) is 5.63. The molecular weight excluding hydrogens is 196 g/mol. The van der Waals surface area contributed by atoms with Crippen molar-refractivity contribution in [2.45, 2.75) is 34.2 Å². The second kappa shape index (κ2) is 4.12. The highest BCUT2D eigenvalue weighted by molar-refractivity contribution is 5.30. The van der Waals surface area contributed by atoms with E-state index >= 15 is 0 Å². The van der Waals surface area contributed by atoms with Crippen LogP contribution in [-0.2, 0) is 6.54 Å². The van der Waals surface area contributed by atoms with E-state index in [1.807, 2.05) is 6.92 Å². The average Bonchev–Trinajstić information content (AvgIpc) is 2.51. The predicted octanol–water partition coefficient (Wildman–Crippen LogP) is 3.17. The lowest BCUT2D eigenvalue weighted by Crippen LogP contribution is -2.05. The van der Waals surface area contributed by atoms with Crippen LogP contribution in [0.25, 0.3) is 0 Å². The molecule has 0 N–H and O–H groups in total. The second-order valence-electron chi connectivity index (χ2n) is 4.51. The molecule has 0 bridgehead atoms. The summed E-state index contributed by atoms with van der Waals surface area (Å²) in [4.78, 5) is 0. The van der Waals surface area contributed by atoms with E-state index in [4.69, 9.17) is 0 Å². The molecular formula is C14H18N2. The number of hydrogen-bond acceptors (Lipinski definition) is 1. The van der Waals surface area contributed by atoms with Crippen LogP contribution in [0.15, 0.2) is 24.3 Å². The van der Waals surface area contributed by atoms with Crippen LogP contribution < -0.4 is 0 Å². The number of nitrogens with zero attached hydrogens (tertiary/aromatic N) is 2. The van der Waals surface area contributed by atoms with E-state index in [-0.39, 0.29) is 0 Å². The zero-order chi connectivity index (χ0) is 11.7. The molecule has 0 saturated heterocycles. The Kier molecular flexibility index (Phi) is 2.82. The first-order chi connectivity index (χ1) is 7.56. The van der Waals surface area contributed by atoms with E-state index in [2.05, 4.69) is 54.8 Å². The summed E-state index contributed by atoms with van der Waals surface area (Å²) < 4.78 is 2.07. The van der Waals surface area contributed by atoms with Crippen molar-refractivity contribution in [3.63, 3.8) is 0 Å². The van der Waals surface area contributed by atoms with E-state index in [9.17, 15) is 0 Å². The Balaban J connectivity index is 2.33. The number of benzene rings is 1. The molecule has 0 saturated carbocycles. The Morgan fingerprint density at radius 3 is 2.44 bits per heavy atom. The highest BCUT2D eigenvalue weighted by atomic mass is 15.3. The lowest BCUT2D eigenvalue weighted by Gasteiger charge is -2.08. The van der Waals surface area contributed by atoms with Gasteiger partial charge in [0.15, 0.2) is 0 Å². The molecule has 1 aromatic carbocycles. The van der Waals surface area contributed by atoms with E-state index in [0.717, 1.165) is 12.2 Å². The molecule has 0 atom stereocenters. The third-order valence-electron chi connectivity index (χ3n) is 2.93. The summed E-state index contributed by atoms with van der Waals surface area (Å²) in [6.07, 6.45) is 0. The summed E-state index contributed by atoms with van der Waals surface area (Å²) >= 11 is 0. The minimum absolute atomic E-state index is 0.868. The summed E-state index contributed by atoms with van der Waals surface area (Å²) in [6, 6.07) is 8.69. The molecule has 0 aliphatic heterocycles. The van der Waals surface area contributed by atoms with Gasteiger partial charge in [-0.1, -0.05) is 23.8 Å². The SMILES string of the molecule is Cc1ccc(C)c(Cn2nc(C)cc2C)c1. The maximum atomic E-state index is 4.49. The normalized spacial score (nSPS) is 10.8. The summed E-state index contributed by atoms with van der Waals surface area (Å²) in [5.74, 6) is 0. The fourth-order valence-corrected chi connectivity index (χ4v) is 1.97. The first-order valence-electron chi connectivity index (χ1n) is 5.63. The topological polar surface area (TPSA) is 17.8 Å². The van der Waals surface area contributed by atoms with Crippen LogP contribution in [0.3, 0.4) is 0 Å². The predicted molar refractivity (Wildman–Crippen MR) is 66.7 cm³/mol. The minimum atomic E-state index is 0.868. The Morgan fingerprint density at radius 2 is 1.81 bits per heavy atom. The largest absolute Gasteiger partial charge is 0.265 e. The molecule has 2 nitrogen and oxygen atoms in total. The van der Waals surface area contributed by atoms with Gasteiger partial charge in [0, 0.05) is 5.69 Å². The molecule has 1 heterocycles. The van der Waals surface area contributed by atoms with Gasteiger partial charge in [0.25, 0.3) is 0 Å². The molecule has 0 unspecified atom stereocenters. The smallest absolute Gasteiger partial charge is 0.0665 e. The van der Waals surface area contributed by atoms with Crippen molar-refractivity contribution in [2.24, 2.45) is 0 Å². The van der Waals surface area contributed by atoms with Crippen molar-refractivity contribution in [1.82, 2.24) is 9.78 Å². The number of aromatic nitrogens is 2. The maximum absolute atomic E-state index is 4.49. The molecule has 16 heavy (non-hydrogen) atoms. The highest BCUT2D eigenvalue weighted by Gasteiger charge is 2.04. The molecule has 2 aromatic rings. The average molecular weight is 214 g/mol. The Hall–Kier alpha value is -1.57. The van der Waals surface area contributed by atoms with Crippen LogP contribution in [0.4, 0.5) is 0 Å². The molecule has 0 aliphatic rings. The Morgan fingerprint density at radius 1 is 1.06 bits per heavy atom. The van der Waals surface area contributed by atoms with Gasteiger partial charge in [-0.05, 0) is 44.9 Å². The van der Waals surface area contributed by atoms with Crippen LogP contribution in [0.5, 0.6) is 0 Å². The molecule has 0 spiro atoms. The van der Waals surface area contributed by atoms with Gasteiger partial charge in [-0.25, -0.2) is 0 Å². The molecule has 84 valence electrons. The summed E-state index contributed by atoms with van der Waals surface area (Å²) in [5.41, 5.74) is 6.30. The maximum Gasteiger partial charge on any atom is 0.0665 e. The quantitative estimate of drug-likeness (QED) is 0.751. The van der Waals surface area contributed by atoms with Crippen LogP contribution in [0.1, 0.15) is 28.1 Å². The van der Waals surface area contributed by atoms with Gasteiger partial charge < -0.3 is 0 Å². The van der Waals surface area contributed by atoms with Crippen molar-refractivity contribution in [3.8, 4) is 0 Å². The Bertz CT molecular complexity index is 509. The zero-order valence-corrected chi connectivity index (χ0v) is 10.4. The van der Waals surface area contributed by atoms with Gasteiger partial charge in [-0.3, -0.25) is 4.68 Å². The summed E-state index contributed by atoms with van der Waals surface area (Å²) in [6.45, 7) is 9.29. The molecule has 1 aromatic heterocycles. The van der Waals surface area contributed by atoms with Crippen molar-refractivity contribution in [3.05, 3.63) is 52.3 Å². The lowest BCUT2D eigenvalue weighted by molar-refractivity contribution is 0.656. The van der Waals surface area contributed by atoms with Gasteiger partial charge in [0.05, 0.1) is 12.2 Å². The zero-order valence-electron chi connectivity index (χ0n) is 10.4. The van der Waals surface area contributed by atoms with E-state index in [1.165, 1.54) is 22.4 Å². The van der Waals surface area contributed by atoms with Crippen LogP contribution >= 0.6 is 0 Å². The van der Waals surface area contributed by atoms with Crippen molar-refractivity contribution >= 4 is 0 Å². The number of rotatable bonds is 2. The lowest BCUT2D eigenvalue weighted by atomic mass is 10.1. The minimum Gasteiger partial charge on any atom is -0.265 e.